The molecule has 2 rings (SSSR count). The van der Waals surface area contributed by atoms with Gasteiger partial charge in [0.15, 0.2) is 0 Å². The Balaban J connectivity index is 2.06. The lowest BCUT2D eigenvalue weighted by molar-refractivity contribution is 0.140. The third kappa shape index (κ3) is 3.34. The predicted octanol–water partition coefficient (Wildman–Crippen LogP) is 2.82. The van der Waals surface area contributed by atoms with Gasteiger partial charge in [0, 0.05) is 18.1 Å². The lowest BCUT2D eigenvalue weighted by Gasteiger charge is -2.37. The van der Waals surface area contributed by atoms with Crippen LogP contribution in [0, 0.1) is 11.3 Å². The number of rotatable bonds is 3. The number of benzene rings is 1. The minimum Gasteiger partial charge on any atom is -0.328 e. The number of nitrogens with zero attached hydrogens (tertiary/aromatic N) is 2. The molecule has 0 saturated heterocycles. The predicted molar refractivity (Wildman–Crippen MR) is 77.6 cm³/mol. The average molecular weight is 257 g/mol. The Hall–Kier alpha value is -1.37. The summed E-state index contributed by atoms with van der Waals surface area (Å²) in [5.74, 6) is 0. The van der Waals surface area contributed by atoms with Crippen molar-refractivity contribution in [2.45, 2.75) is 50.7 Å². The molecule has 0 bridgehead atoms. The summed E-state index contributed by atoms with van der Waals surface area (Å²) >= 11 is 0. The molecule has 1 unspecified atom stereocenters. The molecule has 1 aromatic carbocycles. The van der Waals surface area contributed by atoms with Crippen molar-refractivity contribution < 1.29 is 0 Å². The molecule has 1 aliphatic rings. The molecule has 1 saturated carbocycles. The molecule has 0 amide bonds. The highest BCUT2D eigenvalue weighted by atomic mass is 15.2. The number of nitrogens with two attached hydrogens (primary N) is 1. The van der Waals surface area contributed by atoms with Crippen LogP contribution in [0.1, 0.15) is 49.8 Å². The minimum absolute atomic E-state index is 0.340. The van der Waals surface area contributed by atoms with E-state index in [2.05, 4.69) is 31.0 Å². The Morgan fingerprint density at radius 2 is 2.00 bits per heavy atom. The molecule has 19 heavy (non-hydrogen) atoms. The fourth-order valence-electron chi connectivity index (χ4n) is 2.93. The van der Waals surface area contributed by atoms with Gasteiger partial charge < -0.3 is 5.73 Å². The summed E-state index contributed by atoms with van der Waals surface area (Å²) < 4.78 is 0. The third-order valence-electron chi connectivity index (χ3n) is 4.43. The Morgan fingerprint density at radius 1 is 1.32 bits per heavy atom. The molecular weight excluding hydrogens is 234 g/mol. The molecule has 1 atom stereocenters. The number of hydrogen-bond donors (Lipinski definition) is 1. The molecule has 3 nitrogen and oxygen atoms in total. The van der Waals surface area contributed by atoms with Gasteiger partial charge in [0.25, 0.3) is 0 Å². The van der Waals surface area contributed by atoms with Crippen molar-refractivity contribution in [3.8, 4) is 6.07 Å². The average Bonchev–Trinajstić information content (AvgIpc) is 2.46. The van der Waals surface area contributed by atoms with Crippen LogP contribution in [0.25, 0.3) is 0 Å². The zero-order valence-corrected chi connectivity index (χ0v) is 11.8. The molecule has 0 heterocycles. The molecule has 0 spiro atoms. The first kappa shape index (κ1) is 14.0. The van der Waals surface area contributed by atoms with E-state index in [0.717, 1.165) is 18.4 Å². The highest BCUT2D eigenvalue weighted by Gasteiger charge is 2.25. The first-order valence-corrected chi connectivity index (χ1v) is 7.09. The van der Waals surface area contributed by atoms with Crippen LogP contribution in [0.15, 0.2) is 24.3 Å². The molecule has 0 aromatic heterocycles. The first-order valence-electron chi connectivity index (χ1n) is 7.09. The van der Waals surface area contributed by atoms with Gasteiger partial charge in [0.1, 0.15) is 0 Å². The van der Waals surface area contributed by atoms with Crippen molar-refractivity contribution in [1.82, 2.24) is 4.90 Å². The Morgan fingerprint density at radius 3 is 2.63 bits per heavy atom. The maximum Gasteiger partial charge on any atom is 0.0991 e. The lowest BCUT2D eigenvalue weighted by atomic mass is 9.89. The standard InChI is InChI=1S/C16H23N3/c1-12(14-5-3-4-13(10-14)11-17)19(2)16-8-6-15(18)7-9-16/h3-5,10,12,15-16H,6-9,18H2,1-2H3. The molecule has 1 aromatic rings. The SMILES string of the molecule is CC(c1cccc(C#N)c1)N(C)C1CCC(N)CC1. The van der Waals surface area contributed by atoms with Crippen molar-refractivity contribution in [2.75, 3.05) is 7.05 Å². The van der Waals surface area contributed by atoms with Crippen molar-refractivity contribution in [3.05, 3.63) is 35.4 Å². The van der Waals surface area contributed by atoms with Crippen LogP contribution in [-0.2, 0) is 0 Å². The van der Waals surface area contributed by atoms with E-state index in [4.69, 9.17) is 11.0 Å². The van der Waals surface area contributed by atoms with Crippen LogP contribution in [0.2, 0.25) is 0 Å². The van der Waals surface area contributed by atoms with Crippen molar-refractivity contribution in [3.63, 3.8) is 0 Å². The van der Waals surface area contributed by atoms with E-state index in [9.17, 15) is 0 Å². The second-order valence-corrected chi connectivity index (χ2v) is 5.65. The van der Waals surface area contributed by atoms with Gasteiger partial charge in [-0.3, -0.25) is 4.90 Å². The fraction of sp³-hybridized carbons (Fsp3) is 0.562. The van der Waals surface area contributed by atoms with Crippen LogP contribution >= 0.6 is 0 Å². The molecular formula is C16H23N3. The van der Waals surface area contributed by atoms with Gasteiger partial charge in [0.2, 0.25) is 0 Å². The first-order chi connectivity index (χ1) is 9.11. The zero-order chi connectivity index (χ0) is 13.8. The maximum absolute atomic E-state index is 8.98. The second-order valence-electron chi connectivity index (χ2n) is 5.65. The van der Waals surface area contributed by atoms with Crippen LogP contribution < -0.4 is 5.73 Å². The number of nitriles is 1. The molecule has 1 fully saturated rings. The van der Waals surface area contributed by atoms with E-state index >= 15 is 0 Å². The van der Waals surface area contributed by atoms with Gasteiger partial charge in [-0.15, -0.1) is 0 Å². The van der Waals surface area contributed by atoms with Crippen LogP contribution in [0.4, 0.5) is 0 Å². The molecule has 2 N–H and O–H groups in total. The largest absolute Gasteiger partial charge is 0.328 e. The van der Waals surface area contributed by atoms with Crippen molar-refractivity contribution in [1.29, 1.82) is 5.26 Å². The summed E-state index contributed by atoms with van der Waals surface area (Å²) in [6.45, 7) is 2.21. The quantitative estimate of drug-likeness (QED) is 0.906. The van der Waals surface area contributed by atoms with E-state index in [1.807, 2.05) is 18.2 Å². The Kier molecular flexibility index (Phi) is 4.57. The van der Waals surface area contributed by atoms with Crippen LogP contribution in [-0.4, -0.2) is 24.0 Å². The summed E-state index contributed by atoms with van der Waals surface area (Å²) in [6, 6.07) is 11.5. The van der Waals surface area contributed by atoms with Gasteiger partial charge in [-0.25, -0.2) is 0 Å². The monoisotopic (exact) mass is 257 g/mol. The highest BCUT2D eigenvalue weighted by Crippen LogP contribution is 2.28. The number of hydrogen-bond acceptors (Lipinski definition) is 3. The van der Waals surface area contributed by atoms with E-state index in [0.29, 0.717) is 18.1 Å². The fourth-order valence-corrected chi connectivity index (χ4v) is 2.93. The van der Waals surface area contributed by atoms with Crippen LogP contribution in [0.3, 0.4) is 0 Å². The molecule has 0 aliphatic heterocycles. The summed E-state index contributed by atoms with van der Waals surface area (Å²) in [6.07, 6.45) is 4.61. The minimum atomic E-state index is 0.340. The second kappa shape index (κ2) is 6.18. The molecule has 1 aliphatic carbocycles. The Bertz CT molecular complexity index is 455. The van der Waals surface area contributed by atoms with Crippen LogP contribution in [0.5, 0.6) is 0 Å². The third-order valence-corrected chi connectivity index (χ3v) is 4.43. The normalized spacial score (nSPS) is 25.0. The highest BCUT2D eigenvalue weighted by molar-refractivity contribution is 5.34. The van der Waals surface area contributed by atoms with E-state index in [-0.39, 0.29) is 0 Å². The zero-order valence-electron chi connectivity index (χ0n) is 11.8. The lowest BCUT2D eigenvalue weighted by Crippen LogP contribution is -2.39. The van der Waals surface area contributed by atoms with Gasteiger partial charge in [-0.1, -0.05) is 12.1 Å². The van der Waals surface area contributed by atoms with Crippen molar-refractivity contribution in [2.24, 2.45) is 5.73 Å². The van der Waals surface area contributed by atoms with E-state index < -0.39 is 0 Å². The molecule has 102 valence electrons. The van der Waals surface area contributed by atoms with Gasteiger partial charge >= 0.3 is 0 Å². The summed E-state index contributed by atoms with van der Waals surface area (Å²) in [4.78, 5) is 2.43. The molecule has 3 heteroatoms. The Labute approximate surface area is 116 Å². The summed E-state index contributed by atoms with van der Waals surface area (Å²) in [7, 11) is 2.19. The molecule has 0 radical (unpaired) electrons. The van der Waals surface area contributed by atoms with E-state index in [1.54, 1.807) is 0 Å². The topological polar surface area (TPSA) is 53.0 Å². The van der Waals surface area contributed by atoms with Crippen molar-refractivity contribution >= 4 is 0 Å². The summed E-state index contributed by atoms with van der Waals surface area (Å²) in [5, 5.41) is 8.98. The van der Waals surface area contributed by atoms with E-state index in [1.165, 1.54) is 18.4 Å². The van der Waals surface area contributed by atoms with Gasteiger partial charge in [-0.2, -0.15) is 5.26 Å². The maximum atomic E-state index is 8.98. The summed E-state index contributed by atoms with van der Waals surface area (Å²) in [5.41, 5.74) is 7.93. The van der Waals surface area contributed by atoms with Gasteiger partial charge in [0.05, 0.1) is 11.6 Å². The van der Waals surface area contributed by atoms with Gasteiger partial charge in [-0.05, 0) is 57.4 Å². The smallest absolute Gasteiger partial charge is 0.0991 e.